The van der Waals surface area contributed by atoms with E-state index in [2.05, 4.69) is 13.8 Å². The lowest BCUT2D eigenvalue weighted by Crippen LogP contribution is -2.59. The second-order valence-corrected chi connectivity index (χ2v) is 7.71. The van der Waals surface area contributed by atoms with Crippen molar-refractivity contribution in [3.63, 3.8) is 0 Å². The maximum atomic E-state index is 11.9. The van der Waals surface area contributed by atoms with Crippen molar-refractivity contribution >= 4 is 5.78 Å². The van der Waals surface area contributed by atoms with Gasteiger partial charge in [-0.15, -0.1) is 0 Å². The normalized spacial score (nSPS) is 35.7. The number of carbonyl (C=O) groups excluding carboxylic acids is 1. The number of ether oxygens (including phenoxy) is 2. The van der Waals surface area contributed by atoms with E-state index in [4.69, 9.17) is 9.47 Å². The lowest BCUT2D eigenvalue weighted by molar-refractivity contribution is -0.310. The average molecular weight is 370 g/mol. The van der Waals surface area contributed by atoms with Crippen molar-refractivity contribution in [3.8, 4) is 0 Å². The van der Waals surface area contributed by atoms with Crippen molar-refractivity contribution in [2.75, 3.05) is 6.61 Å². The fourth-order valence-electron chi connectivity index (χ4n) is 3.48. The molecule has 0 saturated carbocycles. The molecule has 1 aliphatic carbocycles. The molecule has 0 amide bonds. The molecule has 0 aromatic heterocycles. The lowest BCUT2D eigenvalue weighted by Gasteiger charge is -2.40. The van der Waals surface area contributed by atoms with Gasteiger partial charge in [-0.2, -0.15) is 0 Å². The van der Waals surface area contributed by atoms with Gasteiger partial charge in [0, 0.05) is 5.41 Å². The fourth-order valence-corrected chi connectivity index (χ4v) is 3.48. The molecule has 1 heterocycles. The minimum atomic E-state index is -1.46. The number of aliphatic hydroxyl groups is 4. The number of carbonyl (C=O) groups is 1. The van der Waals surface area contributed by atoms with Gasteiger partial charge in [-0.3, -0.25) is 4.79 Å². The molecule has 0 radical (unpaired) electrons. The Morgan fingerprint density at radius 3 is 2.50 bits per heavy atom. The summed E-state index contributed by atoms with van der Waals surface area (Å²) in [6.45, 7) is 7.25. The molecule has 0 aromatic rings. The van der Waals surface area contributed by atoms with Gasteiger partial charge in [-0.05, 0) is 38.3 Å². The van der Waals surface area contributed by atoms with Crippen molar-refractivity contribution in [2.45, 2.75) is 77.3 Å². The molecule has 6 atom stereocenters. The Morgan fingerprint density at radius 1 is 1.23 bits per heavy atom. The predicted molar refractivity (Wildman–Crippen MR) is 94.2 cm³/mol. The second kappa shape index (κ2) is 8.29. The SMILES string of the molecule is CC1=C(CCC(C)O[C@@H]2O[C@H](CO)[C@@H](O)[C@H](O)[C@H]2O)C(C)(C)C=CC1=O. The van der Waals surface area contributed by atoms with Crippen LogP contribution in [0.3, 0.4) is 0 Å². The lowest BCUT2D eigenvalue weighted by atomic mass is 9.75. The Labute approximate surface area is 153 Å². The summed E-state index contributed by atoms with van der Waals surface area (Å²) in [4.78, 5) is 11.9. The maximum absolute atomic E-state index is 11.9. The zero-order valence-electron chi connectivity index (χ0n) is 15.8. The Morgan fingerprint density at radius 2 is 1.88 bits per heavy atom. The van der Waals surface area contributed by atoms with Crippen LogP contribution < -0.4 is 0 Å². The summed E-state index contributed by atoms with van der Waals surface area (Å²) in [7, 11) is 0. The summed E-state index contributed by atoms with van der Waals surface area (Å²) in [6.07, 6.45) is -1.98. The van der Waals surface area contributed by atoms with Crippen LogP contribution in [0, 0.1) is 5.41 Å². The molecule has 1 saturated heterocycles. The molecule has 7 nitrogen and oxygen atoms in total. The molecule has 0 spiro atoms. The van der Waals surface area contributed by atoms with Gasteiger partial charge in [0.1, 0.15) is 24.4 Å². The smallest absolute Gasteiger partial charge is 0.186 e. The van der Waals surface area contributed by atoms with E-state index in [1.54, 1.807) is 6.08 Å². The molecule has 2 rings (SSSR count). The van der Waals surface area contributed by atoms with E-state index in [0.717, 1.165) is 11.1 Å². The van der Waals surface area contributed by atoms with Gasteiger partial charge >= 0.3 is 0 Å². The highest BCUT2D eigenvalue weighted by atomic mass is 16.7. The van der Waals surface area contributed by atoms with E-state index in [1.807, 2.05) is 19.9 Å². The largest absolute Gasteiger partial charge is 0.394 e. The average Bonchev–Trinajstić information content (AvgIpc) is 2.58. The molecule has 4 N–H and O–H groups in total. The van der Waals surface area contributed by atoms with E-state index in [-0.39, 0.29) is 17.3 Å². The van der Waals surface area contributed by atoms with Crippen molar-refractivity contribution in [3.05, 3.63) is 23.3 Å². The molecular formula is C19H30O7. The topological polar surface area (TPSA) is 116 Å². The summed E-state index contributed by atoms with van der Waals surface area (Å²) in [5.41, 5.74) is 1.59. The Balaban J connectivity index is 1.97. The fraction of sp³-hybridized carbons (Fsp3) is 0.737. The highest BCUT2D eigenvalue weighted by Gasteiger charge is 2.44. The Bertz CT molecular complexity index is 578. The number of hydrogen-bond acceptors (Lipinski definition) is 7. The van der Waals surface area contributed by atoms with E-state index in [1.165, 1.54) is 0 Å². The minimum Gasteiger partial charge on any atom is -0.394 e. The third-order valence-corrected chi connectivity index (χ3v) is 5.27. The van der Waals surface area contributed by atoms with Crippen LogP contribution in [0.4, 0.5) is 0 Å². The third kappa shape index (κ3) is 4.42. The van der Waals surface area contributed by atoms with E-state index < -0.39 is 37.3 Å². The number of aliphatic hydroxyl groups excluding tert-OH is 4. The standard InChI is InChI=1S/C19H30O7/c1-10(5-6-12-11(2)13(21)7-8-19(12,3)4)25-18-17(24)16(23)15(22)14(9-20)26-18/h7-8,10,14-18,20,22-24H,5-6,9H2,1-4H3/t10?,14-,15-,16+,17-,18-/m1/s1. The van der Waals surface area contributed by atoms with Crippen LogP contribution in [-0.2, 0) is 14.3 Å². The molecule has 1 aliphatic heterocycles. The molecule has 0 bridgehead atoms. The Hall–Kier alpha value is -1.09. The first kappa shape index (κ1) is 21.2. The van der Waals surface area contributed by atoms with Crippen LogP contribution in [0.15, 0.2) is 23.3 Å². The van der Waals surface area contributed by atoms with Crippen LogP contribution in [0.25, 0.3) is 0 Å². The molecule has 0 aromatic carbocycles. The van der Waals surface area contributed by atoms with Gasteiger partial charge in [0.2, 0.25) is 0 Å². The van der Waals surface area contributed by atoms with Gasteiger partial charge in [-0.25, -0.2) is 0 Å². The van der Waals surface area contributed by atoms with Gasteiger partial charge < -0.3 is 29.9 Å². The molecule has 7 heteroatoms. The predicted octanol–water partition coefficient (Wildman–Crippen LogP) is 0.453. The van der Waals surface area contributed by atoms with Crippen LogP contribution in [0.1, 0.15) is 40.5 Å². The monoisotopic (exact) mass is 370 g/mol. The second-order valence-electron chi connectivity index (χ2n) is 7.71. The maximum Gasteiger partial charge on any atom is 0.186 e. The van der Waals surface area contributed by atoms with E-state index in [9.17, 15) is 25.2 Å². The number of hydrogen-bond donors (Lipinski definition) is 4. The summed E-state index contributed by atoms with van der Waals surface area (Å²) in [5.74, 6) is 0.0156. The summed E-state index contributed by atoms with van der Waals surface area (Å²) in [5, 5.41) is 38.9. The highest BCUT2D eigenvalue weighted by Crippen LogP contribution is 2.37. The Kier molecular flexibility index (Phi) is 6.76. The zero-order valence-corrected chi connectivity index (χ0v) is 15.8. The van der Waals surface area contributed by atoms with Crippen molar-refractivity contribution in [1.29, 1.82) is 0 Å². The highest BCUT2D eigenvalue weighted by molar-refractivity contribution is 6.05. The van der Waals surface area contributed by atoms with E-state index >= 15 is 0 Å². The molecule has 1 fully saturated rings. The third-order valence-electron chi connectivity index (χ3n) is 5.27. The van der Waals surface area contributed by atoms with Gasteiger partial charge in [0.15, 0.2) is 12.1 Å². The molecule has 1 unspecified atom stereocenters. The zero-order chi connectivity index (χ0) is 19.6. The van der Waals surface area contributed by atoms with Gasteiger partial charge in [0.25, 0.3) is 0 Å². The quantitative estimate of drug-likeness (QED) is 0.536. The van der Waals surface area contributed by atoms with Crippen LogP contribution in [0.2, 0.25) is 0 Å². The van der Waals surface area contributed by atoms with Crippen molar-refractivity contribution < 1.29 is 34.7 Å². The first-order valence-electron chi connectivity index (χ1n) is 8.98. The number of allylic oxidation sites excluding steroid dienone is 4. The van der Waals surface area contributed by atoms with Crippen LogP contribution in [0.5, 0.6) is 0 Å². The van der Waals surface area contributed by atoms with E-state index in [0.29, 0.717) is 12.8 Å². The number of rotatable bonds is 6. The summed E-state index contributed by atoms with van der Waals surface area (Å²) < 4.78 is 11.1. The van der Waals surface area contributed by atoms with Gasteiger partial charge in [0.05, 0.1) is 12.7 Å². The molecule has 26 heavy (non-hydrogen) atoms. The van der Waals surface area contributed by atoms with Crippen LogP contribution in [-0.4, -0.2) is 69.6 Å². The summed E-state index contributed by atoms with van der Waals surface area (Å²) >= 11 is 0. The van der Waals surface area contributed by atoms with Gasteiger partial charge in [-0.1, -0.05) is 25.5 Å². The van der Waals surface area contributed by atoms with Crippen LogP contribution >= 0.6 is 0 Å². The first-order chi connectivity index (χ1) is 12.1. The van der Waals surface area contributed by atoms with Crippen molar-refractivity contribution in [1.82, 2.24) is 0 Å². The summed E-state index contributed by atoms with van der Waals surface area (Å²) in [6, 6.07) is 0. The molecular weight excluding hydrogens is 340 g/mol. The molecule has 2 aliphatic rings. The molecule has 148 valence electrons. The van der Waals surface area contributed by atoms with Crippen molar-refractivity contribution in [2.24, 2.45) is 5.41 Å². The number of ketones is 1. The minimum absolute atomic E-state index is 0.0156. The first-order valence-corrected chi connectivity index (χ1v) is 8.98.